The zero-order chi connectivity index (χ0) is 21.8. The molecule has 1 fully saturated rings. The molecule has 1 aromatic carbocycles. The third-order valence-electron chi connectivity index (χ3n) is 4.37. The molecule has 0 bridgehead atoms. The van der Waals surface area contributed by atoms with Gasteiger partial charge < -0.3 is 14.2 Å². The van der Waals surface area contributed by atoms with Gasteiger partial charge in [-0.3, -0.25) is 0 Å². The van der Waals surface area contributed by atoms with E-state index in [1.807, 2.05) is 0 Å². The molecular formula is C19H21F3N2O5S. The van der Waals surface area contributed by atoms with Gasteiger partial charge in [0.2, 0.25) is 20.9 Å². The van der Waals surface area contributed by atoms with Gasteiger partial charge in [0, 0.05) is 19.1 Å². The molecule has 2 aromatic rings. The summed E-state index contributed by atoms with van der Waals surface area (Å²) in [6.07, 6.45) is -2.38. The number of nitrogens with zero attached hydrogens (tertiary/aromatic N) is 2. The smallest absolute Gasteiger partial charge is 0.423 e. The zero-order valence-electron chi connectivity index (χ0n) is 16.1. The maximum atomic E-state index is 13.3. The van der Waals surface area contributed by atoms with Crippen molar-refractivity contribution in [3.63, 3.8) is 0 Å². The molecule has 2 atom stereocenters. The Labute approximate surface area is 172 Å². The minimum Gasteiger partial charge on any atom is -0.474 e. The van der Waals surface area contributed by atoms with E-state index in [2.05, 4.69) is 9.97 Å². The van der Waals surface area contributed by atoms with Crippen LogP contribution in [0.15, 0.2) is 41.7 Å². The molecule has 7 nitrogen and oxygen atoms in total. The van der Waals surface area contributed by atoms with Crippen LogP contribution in [0.5, 0.6) is 5.88 Å². The Hall–Kier alpha value is -2.24. The van der Waals surface area contributed by atoms with Gasteiger partial charge in [0.1, 0.15) is 18.3 Å². The summed E-state index contributed by atoms with van der Waals surface area (Å²) in [4.78, 5) is 6.80. The number of halogens is 3. The van der Waals surface area contributed by atoms with Crippen molar-refractivity contribution in [3.05, 3.63) is 47.7 Å². The highest BCUT2D eigenvalue weighted by Gasteiger charge is 2.37. The highest BCUT2D eigenvalue weighted by atomic mass is 32.2. The zero-order valence-corrected chi connectivity index (χ0v) is 16.9. The molecule has 1 aromatic heterocycles. The molecule has 0 spiro atoms. The van der Waals surface area contributed by atoms with Gasteiger partial charge in [-0.05, 0) is 24.8 Å². The first-order valence-electron chi connectivity index (χ1n) is 9.23. The Morgan fingerprint density at radius 2 is 1.97 bits per heavy atom. The average Bonchev–Trinajstić information content (AvgIpc) is 2.71. The fourth-order valence-corrected chi connectivity index (χ4v) is 3.37. The highest BCUT2D eigenvalue weighted by Crippen LogP contribution is 2.35. The highest BCUT2D eigenvalue weighted by molar-refractivity contribution is 7.90. The predicted octanol–water partition coefficient (Wildman–Crippen LogP) is 3.56. The van der Waals surface area contributed by atoms with Crippen LogP contribution in [0.1, 0.15) is 36.5 Å². The SMILES string of the molecule is CS(=O)(=O)c1ncc(C(F)(F)F)c(OC[C@@H](OC2CCCCO2)c2ccccc2)n1. The first-order chi connectivity index (χ1) is 14.1. The van der Waals surface area contributed by atoms with Gasteiger partial charge >= 0.3 is 6.18 Å². The summed E-state index contributed by atoms with van der Waals surface area (Å²) >= 11 is 0. The molecule has 0 saturated carbocycles. The molecule has 1 saturated heterocycles. The summed E-state index contributed by atoms with van der Waals surface area (Å²) in [5, 5.41) is -0.752. The van der Waals surface area contributed by atoms with Crippen LogP contribution in [-0.4, -0.2) is 44.1 Å². The van der Waals surface area contributed by atoms with E-state index in [9.17, 15) is 21.6 Å². The van der Waals surface area contributed by atoms with Crippen molar-refractivity contribution in [2.45, 2.75) is 43.0 Å². The molecular weight excluding hydrogens is 425 g/mol. The molecule has 3 rings (SSSR count). The Morgan fingerprint density at radius 3 is 2.57 bits per heavy atom. The summed E-state index contributed by atoms with van der Waals surface area (Å²) < 4.78 is 80.2. The van der Waals surface area contributed by atoms with Gasteiger partial charge in [-0.2, -0.15) is 18.2 Å². The number of alkyl halides is 3. The predicted molar refractivity (Wildman–Crippen MR) is 99.5 cm³/mol. The Morgan fingerprint density at radius 1 is 1.23 bits per heavy atom. The van der Waals surface area contributed by atoms with Crippen molar-refractivity contribution in [2.24, 2.45) is 0 Å². The number of sulfone groups is 1. The molecule has 11 heteroatoms. The van der Waals surface area contributed by atoms with Crippen molar-refractivity contribution >= 4 is 9.84 Å². The third kappa shape index (κ3) is 5.89. The molecule has 164 valence electrons. The molecule has 0 aliphatic carbocycles. The minimum absolute atomic E-state index is 0.326. The van der Waals surface area contributed by atoms with Crippen LogP contribution in [-0.2, 0) is 25.5 Å². The fraction of sp³-hybridized carbons (Fsp3) is 0.474. The summed E-state index contributed by atoms with van der Waals surface area (Å²) in [5.41, 5.74) is -0.590. The molecule has 30 heavy (non-hydrogen) atoms. The lowest BCUT2D eigenvalue weighted by molar-refractivity contribution is -0.195. The van der Waals surface area contributed by atoms with Gasteiger partial charge in [-0.15, -0.1) is 0 Å². The fourth-order valence-electron chi connectivity index (χ4n) is 2.87. The molecule has 1 aliphatic rings. The van der Waals surface area contributed by atoms with Gasteiger partial charge in [0.25, 0.3) is 0 Å². The second-order valence-electron chi connectivity index (χ2n) is 6.78. The maximum absolute atomic E-state index is 13.3. The van der Waals surface area contributed by atoms with E-state index < -0.39 is 45.0 Å². The maximum Gasteiger partial charge on any atom is 0.423 e. The summed E-state index contributed by atoms with van der Waals surface area (Å²) in [5.74, 6) is -0.869. The van der Waals surface area contributed by atoms with Crippen LogP contribution in [0.25, 0.3) is 0 Å². The van der Waals surface area contributed by atoms with Gasteiger partial charge in [-0.1, -0.05) is 30.3 Å². The number of hydrogen-bond acceptors (Lipinski definition) is 7. The number of rotatable bonds is 7. The van der Waals surface area contributed by atoms with E-state index in [1.165, 1.54) is 0 Å². The normalized spacial score (nSPS) is 18.7. The van der Waals surface area contributed by atoms with E-state index in [1.54, 1.807) is 30.3 Å². The van der Waals surface area contributed by atoms with Crippen molar-refractivity contribution in [1.29, 1.82) is 0 Å². The molecule has 0 radical (unpaired) electrons. The number of aromatic nitrogens is 2. The van der Waals surface area contributed by atoms with Crippen LogP contribution in [0.2, 0.25) is 0 Å². The average molecular weight is 446 g/mol. The van der Waals surface area contributed by atoms with E-state index >= 15 is 0 Å². The second-order valence-corrected chi connectivity index (χ2v) is 8.69. The van der Waals surface area contributed by atoms with Gasteiger partial charge in [0.05, 0.1) is 0 Å². The summed E-state index contributed by atoms with van der Waals surface area (Å²) in [6.45, 7) is 0.210. The van der Waals surface area contributed by atoms with Crippen molar-refractivity contribution < 1.29 is 35.8 Å². The summed E-state index contributed by atoms with van der Waals surface area (Å²) in [7, 11) is -3.92. The Bertz CT molecular complexity index is 948. The van der Waals surface area contributed by atoms with Crippen molar-refractivity contribution in [2.75, 3.05) is 19.5 Å². The largest absolute Gasteiger partial charge is 0.474 e. The van der Waals surface area contributed by atoms with Crippen LogP contribution >= 0.6 is 0 Å². The molecule has 0 N–H and O–H groups in total. The Kier molecular flexibility index (Phi) is 6.94. The second kappa shape index (κ2) is 9.27. The van der Waals surface area contributed by atoms with Crippen LogP contribution < -0.4 is 4.74 Å². The van der Waals surface area contributed by atoms with E-state index in [0.717, 1.165) is 19.1 Å². The number of benzene rings is 1. The molecule has 1 aliphatic heterocycles. The lowest BCUT2D eigenvalue weighted by atomic mass is 10.1. The first kappa shape index (κ1) is 22.4. The minimum atomic E-state index is -4.82. The number of ether oxygens (including phenoxy) is 3. The molecule has 1 unspecified atom stereocenters. The monoisotopic (exact) mass is 446 g/mol. The van der Waals surface area contributed by atoms with Gasteiger partial charge in [0.15, 0.2) is 6.29 Å². The third-order valence-corrected chi connectivity index (χ3v) is 5.23. The Balaban J connectivity index is 1.86. The lowest BCUT2D eigenvalue weighted by Crippen LogP contribution is -2.27. The number of hydrogen-bond donors (Lipinski definition) is 0. The first-order valence-corrected chi connectivity index (χ1v) is 11.1. The van der Waals surface area contributed by atoms with Crippen molar-refractivity contribution in [3.8, 4) is 5.88 Å². The van der Waals surface area contributed by atoms with Gasteiger partial charge in [-0.25, -0.2) is 13.4 Å². The topological polar surface area (TPSA) is 87.6 Å². The van der Waals surface area contributed by atoms with Crippen LogP contribution in [0.4, 0.5) is 13.2 Å². The standard InChI is InChI=1S/C19H21F3N2O5S/c1-30(25,26)18-23-11-14(19(20,21)22)17(24-18)28-12-15(13-7-3-2-4-8-13)29-16-9-5-6-10-27-16/h2-4,7-8,11,15-16H,5-6,9-10,12H2,1H3/t15-,16?/m1/s1. The van der Waals surface area contributed by atoms with Crippen molar-refractivity contribution in [1.82, 2.24) is 9.97 Å². The van der Waals surface area contributed by atoms with E-state index in [0.29, 0.717) is 24.8 Å². The van der Waals surface area contributed by atoms with E-state index in [4.69, 9.17) is 14.2 Å². The lowest BCUT2D eigenvalue weighted by Gasteiger charge is -2.28. The van der Waals surface area contributed by atoms with Crippen LogP contribution in [0, 0.1) is 0 Å². The quantitative estimate of drug-likeness (QED) is 0.601. The van der Waals surface area contributed by atoms with Crippen LogP contribution in [0.3, 0.4) is 0 Å². The molecule has 0 amide bonds. The molecule has 2 heterocycles. The summed E-state index contributed by atoms with van der Waals surface area (Å²) in [6, 6.07) is 8.83. The van der Waals surface area contributed by atoms with E-state index in [-0.39, 0.29) is 6.61 Å².